The highest BCUT2D eigenvalue weighted by atomic mass is 33.1. The van der Waals surface area contributed by atoms with E-state index in [1.165, 1.54) is 0 Å². The molecule has 0 unspecified atom stereocenters. The standard InChI is InChI=1S/C17H24N2O5S2/c20-14(9-13-25-26-15-6-3-4-10-19-15)18-11-5-12-24-17(23)8-2-1-7-16(21)22/h3-4,6,10H,1-2,5,7-9,11-13H2,(H,18,20)(H,21,22). The van der Waals surface area contributed by atoms with Crippen LogP contribution in [0, 0.1) is 0 Å². The van der Waals surface area contributed by atoms with Crippen molar-refractivity contribution in [3.8, 4) is 0 Å². The molecule has 1 aromatic heterocycles. The van der Waals surface area contributed by atoms with Crippen molar-refractivity contribution in [2.24, 2.45) is 0 Å². The molecule has 0 saturated heterocycles. The third-order valence-corrected chi connectivity index (χ3v) is 5.39. The fraction of sp³-hybridized carbons (Fsp3) is 0.529. The minimum atomic E-state index is -0.858. The van der Waals surface area contributed by atoms with Gasteiger partial charge in [-0.15, -0.1) is 0 Å². The van der Waals surface area contributed by atoms with Crippen LogP contribution in [-0.2, 0) is 19.1 Å². The lowest BCUT2D eigenvalue weighted by Gasteiger charge is -2.06. The van der Waals surface area contributed by atoms with E-state index in [2.05, 4.69) is 10.3 Å². The molecule has 9 heteroatoms. The van der Waals surface area contributed by atoms with Crippen molar-refractivity contribution in [2.75, 3.05) is 18.9 Å². The quantitative estimate of drug-likeness (QED) is 0.279. The van der Waals surface area contributed by atoms with Crippen LogP contribution in [0.4, 0.5) is 0 Å². The summed E-state index contributed by atoms with van der Waals surface area (Å²) in [5.41, 5.74) is 0. The number of rotatable bonds is 14. The molecular weight excluding hydrogens is 376 g/mol. The first-order valence-corrected chi connectivity index (χ1v) is 10.7. The number of hydrogen-bond acceptors (Lipinski definition) is 7. The SMILES string of the molecule is O=C(O)CCCCC(=O)OCCCNC(=O)CCSSc1ccccn1. The fourth-order valence-corrected chi connectivity index (χ4v) is 3.69. The molecule has 0 aliphatic carbocycles. The largest absolute Gasteiger partial charge is 0.481 e. The second-order valence-corrected chi connectivity index (χ2v) is 7.78. The molecule has 26 heavy (non-hydrogen) atoms. The molecule has 0 fully saturated rings. The summed E-state index contributed by atoms with van der Waals surface area (Å²) in [6, 6.07) is 5.70. The Bertz CT molecular complexity index is 557. The van der Waals surface area contributed by atoms with Gasteiger partial charge >= 0.3 is 11.9 Å². The number of unbranched alkanes of at least 4 members (excludes halogenated alkanes) is 1. The Balaban J connectivity index is 1.91. The highest BCUT2D eigenvalue weighted by Gasteiger charge is 2.05. The predicted octanol–water partition coefficient (Wildman–Crippen LogP) is 2.91. The van der Waals surface area contributed by atoms with Gasteiger partial charge < -0.3 is 15.2 Å². The summed E-state index contributed by atoms with van der Waals surface area (Å²) >= 11 is 0. The number of esters is 1. The molecule has 0 atom stereocenters. The number of amides is 1. The number of carbonyl (C=O) groups is 3. The van der Waals surface area contributed by atoms with Gasteiger partial charge in [-0.2, -0.15) is 0 Å². The number of carboxylic acids is 1. The molecule has 0 saturated carbocycles. The van der Waals surface area contributed by atoms with E-state index >= 15 is 0 Å². The zero-order valence-corrected chi connectivity index (χ0v) is 16.2. The number of hydrogen-bond donors (Lipinski definition) is 2. The van der Waals surface area contributed by atoms with Crippen LogP contribution < -0.4 is 5.32 Å². The summed E-state index contributed by atoms with van der Waals surface area (Å²) in [6.45, 7) is 0.714. The third-order valence-electron chi connectivity index (χ3n) is 3.12. The van der Waals surface area contributed by atoms with Gasteiger partial charge in [-0.25, -0.2) is 4.98 Å². The molecule has 0 aromatic carbocycles. The van der Waals surface area contributed by atoms with E-state index < -0.39 is 5.97 Å². The molecule has 0 bridgehead atoms. The van der Waals surface area contributed by atoms with Crippen molar-refractivity contribution in [3.63, 3.8) is 0 Å². The van der Waals surface area contributed by atoms with Crippen LogP contribution in [-0.4, -0.2) is 46.8 Å². The van der Waals surface area contributed by atoms with Gasteiger partial charge in [-0.05, 0) is 42.2 Å². The summed E-state index contributed by atoms with van der Waals surface area (Å²) in [6.07, 6.45) is 3.99. The number of carbonyl (C=O) groups excluding carboxylic acids is 2. The highest BCUT2D eigenvalue weighted by Crippen LogP contribution is 2.29. The summed E-state index contributed by atoms with van der Waals surface area (Å²) in [5.74, 6) is -0.523. The number of carboxylic acid groups (broad SMARTS) is 1. The van der Waals surface area contributed by atoms with Gasteiger partial charge in [0.2, 0.25) is 5.91 Å². The lowest BCUT2D eigenvalue weighted by molar-refractivity contribution is -0.144. The number of ether oxygens (including phenoxy) is 1. The number of nitrogens with one attached hydrogen (secondary N) is 1. The molecule has 144 valence electrons. The Morgan fingerprint density at radius 1 is 1.12 bits per heavy atom. The molecule has 0 aliphatic rings. The van der Waals surface area contributed by atoms with Gasteiger partial charge in [-0.3, -0.25) is 14.4 Å². The van der Waals surface area contributed by atoms with Crippen molar-refractivity contribution >= 4 is 39.4 Å². The average molecular weight is 401 g/mol. The van der Waals surface area contributed by atoms with Crippen LogP contribution in [0.5, 0.6) is 0 Å². The van der Waals surface area contributed by atoms with Crippen molar-refractivity contribution in [2.45, 2.75) is 43.6 Å². The van der Waals surface area contributed by atoms with Crippen LogP contribution in [0.25, 0.3) is 0 Å². The Labute approximate surface area is 161 Å². The summed E-state index contributed by atoms with van der Waals surface area (Å²) < 4.78 is 5.03. The summed E-state index contributed by atoms with van der Waals surface area (Å²) in [7, 11) is 3.12. The van der Waals surface area contributed by atoms with Crippen LogP contribution in [0.1, 0.15) is 38.5 Å². The Hall–Kier alpha value is -1.74. The second kappa shape index (κ2) is 14.4. The van der Waals surface area contributed by atoms with E-state index in [9.17, 15) is 14.4 Å². The van der Waals surface area contributed by atoms with Gasteiger partial charge in [0.05, 0.1) is 6.61 Å². The molecule has 7 nitrogen and oxygen atoms in total. The van der Waals surface area contributed by atoms with Gasteiger partial charge in [0.25, 0.3) is 0 Å². The molecular formula is C17H24N2O5S2. The average Bonchev–Trinajstić information content (AvgIpc) is 2.63. The lowest BCUT2D eigenvalue weighted by Crippen LogP contribution is -2.25. The van der Waals surface area contributed by atoms with Crippen LogP contribution in [0.3, 0.4) is 0 Å². The van der Waals surface area contributed by atoms with Crippen LogP contribution in [0.15, 0.2) is 29.4 Å². The minimum absolute atomic E-state index is 0.0286. The number of aliphatic carboxylic acids is 1. The highest BCUT2D eigenvalue weighted by molar-refractivity contribution is 8.76. The van der Waals surface area contributed by atoms with Gasteiger partial charge in [0.15, 0.2) is 0 Å². The number of nitrogens with zero attached hydrogens (tertiary/aromatic N) is 1. The molecule has 0 spiro atoms. The first-order valence-electron chi connectivity index (χ1n) is 8.42. The Kier molecular flexibility index (Phi) is 12.4. The van der Waals surface area contributed by atoms with E-state index in [0.717, 1.165) is 5.03 Å². The molecule has 0 radical (unpaired) electrons. The molecule has 1 aromatic rings. The maximum Gasteiger partial charge on any atom is 0.305 e. The van der Waals surface area contributed by atoms with E-state index in [1.807, 2.05) is 18.2 Å². The normalized spacial score (nSPS) is 10.3. The van der Waals surface area contributed by atoms with E-state index in [4.69, 9.17) is 9.84 Å². The Morgan fingerprint density at radius 3 is 2.65 bits per heavy atom. The van der Waals surface area contributed by atoms with Crippen molar-refractivity contribution in [1.29, 1.82) is 0 Å². The molecule has 1 amide bonds. The fourth-order valence-electron chi connectivity index (χ4n) is 1.82. The minimum Gasteiger partial charge on any atom is -0.481 e. The van der Waals surface area contributed by atoms with Crippen LogP contribution >= 0.6 is 21.6 Å². The maximum absolute atomic E-state index is 11.7. The van der Waals surface area contributed by atoms with Crippen molar-refractivity contribution < 1.29 is 24.2 Å². The predicted molar refractivity (Wildman–Crippen MR) is 102 cm³/mol. The zero-order chi connectivity index (χ0) is 19.0. The van der Waals surface area contributed by atoms with Crippen molar-refractivity contribution in [3.05, 3.63) is 24.4 Å². The van der Waals surface area contributed by atoms with Crippen molar-refractivity contribution in [1.82, 2.24) is 10.3 Å². The Morgan fingerprint density at radius 2 is 1.92 bits per heavy atom. The second-order valence-electron chi connectivity index (χ2n) is 5.35. The first kappa shape index (κ1) is 22.3. The topological polar surface area (TPSA) is 106 Å². The number of aromatic nitrogens is 1. The molecule has 1 heterocycles. The monoisotopic (exact) mass is 400 g/mol. The lowest BCUT2D eigenvalue weighted by atomic mass is 10.2. The smallest absolute Gasteiger partial charge is 0.305 e. The van der Waals surface area contributed by atoms with E-state index in [0.29, 0.717) is 38.0 Å². The summed E-state index contributed by atoms with van der Waals surface area (Å²) in [5, 5.41) is 12.2. The van der Waals surface area contributed by atoms with Gasteiger partial charge in [-0.1, -0.05) is 16.9 Å². The zero-order valence-electron chi connectivity index (χ0n) is 14.5. The third kappa shape index (κ3) is 12.6. The first-order chi connectivity index (χ1) is 12.6. The maximum atomic E-state index is 11.7. The molecule has 1 rings (SSSR count). The molecule has 2 N–H and O–H groups in total. The van der Waals surface area contributed by atoms with Gasteiger partial charge in [0, 0.05) is 37.8 Å². The summed E-state index contributed by atoms with van der Waals surface area (Å²) in [4.78, 5) is 37.6. The van der Waals surface area contributed by atoms with E-state index in [-0.39, 0.29) is 31.3 Å². The van der Waals surface area contributed by atoms with Gasteiger partial charge in [0.1, 0.15) is 5.03 Å². The van der Waals surface area contributed by atoms with Crippen LogP contribution in [0.2, 0.25) is 0 Å². The molecule has 0 aliphatic heterocycles. The van der Waals surface area contributed by atoms with E-state index in [1.54, 1.807) is 27.8 Å². The number of pyridine rings is 1.